The Balaban J connectivity index is 3.08. The fourth-order valence-corrected chi connectivity index (χ4v) is 1.83. The molecule has 0 fully saturated rings. The molecule has 1 N–H and O–H groups in total. The van der Waals surface area contributed by atoms with Crippen molar-refractivity contribution in [1.29, 1.82) is 0 Å². The van der Waals surface area contributed by atoms with Gasteiger partial charge in [-0.15, -0.1) is 0 Å². The van der Waals surface area contributed by atoms with Gasteiger partial charge in [-0.25, -0.2) is 4.79 Å². The van der Waals surface area contributed by atoms with Gasteiger partial charge >= 0.3 is 5.97 Å². The molecule has 0 aliphatic carbocycles. The molecule has 0 aliphatic rings. The van der Waals surface area contributed by atoms with Crippen LogP contribution >= 0.6 is 0 Å². The first kappa shape index (κ1) is 15.8. The predicted octanol–water partition coefficient (Wildman–Crippen LogP) is 1.17. The van der Waals surface area contributed by atoms with E-state index in [0.717, 1.165) is 5.56 Å². The van der Waals surface area contributed by atoms with Crippen LogP contribution in [-0.2, 0) is 16.0 Å². The summed E-state index contributed by atoms with van der Waals surface area (Å²) in [5.41, 5.74) is 1.14. The second-order valence-corrected chi connectivity index (χ2v) is 4.08. The van der Waals surface area contributed by atoms with Crippen LogP contribution in [0.1, 0.15) is 22.8 Å². The lowest BCUT2D eigenvalue weighted by molar-refractivity contribution is -0.118. The molecule has 0 saturated heterocycles. The van der Waals surface area contributed by atoms with Crippen molar-refractivity contribution < 1.29 is 23.8 Å². The zero-order valence-electron chi connectivity index (χ0n) is 12.1. The number of rotatable bonds is 6. The van der Waals surface area contributed by atoms with Crippen LogP contribution < -0.4 is 14.8 Å². The molecule has 0 unspecified atom stereocenters. The Morgan fingerprint density at radius 1 is 1.10 bits per heavy atom. The van der Waals surface area contributed by atoms with Gasteiger partial charge in [0.1, 0.15) is 11.5 Å². The van der Waals surface area contributed by atoms with Gasteiger partial charge in [0.05, 0.1) is 26.9 Å². The minimum Gasteiger partial charge on any atom is -0.496 e. The van der Waals surface area contributed by atoms with Crippen molar-refractivity contribution in [2.75, 3.05) is 27.9 Å². The fraction of sp³-hybridized carbons (Fsp3) is 0.429. The lowest BCUT2D eigenvalue weighted by Crippen LogP contribution is -2.22. The molecule has 0 saturated carbocycles. The second-order valence-electron chi connectivity index (χ2n) is 4.08. The number of methoxy groups -OCH3 is 3. The van der Waals surface area contributed by atoms with Crippen molar-refractivity contribution in [2.45, 2.75) is 13.3 Å². The average molecular weight is 281 g/mol. The van der Waals surface area contributed by atoms with Gasteiger partial charge in [0.25, 0.3) is 0 Å². The van der Waals surface area contributed by atoms with Crippen LogP contribution in [0.5, 0.6) is 11.5 Å². The van der Waals surface area contributed by atoms with E-state index < -0.39 is 5.97 Å². The second kappa shape index (κ2) is 7.37. The summed E-state index contributed by atoms with van der Waals surface area (Å²) in [6.07, 6.45) is 0.535. The molecule has 1 aromatic carbocycles. The highest BCUT2D eigenvalue weighted by Gasteiger charge is 2.16. The molecule has 0 spiro atoms. The van der Waals surface area contributed by atoms with Crippen LogP contribution in [-0.4, -0.2) is 39.8 Å². The third-order valence-electron chi connectivity index (χ3n) is 2.78. The number of amides is 1. The van der Waals surface area contributed by atoms with Crippen LogP contribution in [0.15, 0.2) is 12.1 Å². The van der Waals surface area contributed by atoms with Gasteiger partial charge < -0.3 is 19.5 Å². The van der Waals surface area contributed by atoms with Crippen LogP contribution in [0.25, 0.3) is 0 Å². The molecule has 1 aromatic rings. The Morgan fingerprint density at radius 2 is 1.65 bits per heavy atom. The van der Waals surface area contributed by atoms with Gasteiger partial charge in [0.2, 0.25) is 5.91 Å². The number of hydrogen-bond donors (Lipinski definition) is 1. The van der Waals surface area contributed by atoms with Crippen molar-refractivity contribution in [3.63, 3.8) is 0 Å². The standard InChI is InChI=1S/C14H19NO5/c1-9(16)15-6-5-11-12(18-2)7-10(14(17)20-4)8-13(11)19-3/h7-8H,5-6H2,1-4H3,(H,15,16). The van der Waals surface area contributed by atoms with Gasteiger partial charge in [0.15, 0.2) is 0 Å². The van der Waals surface area contributed by atoms with Gasteiger partial charge in [-0.05, 0) is 18.6 Å². The van der Waals surface area contributed by atoms with E-state index in [0.29, 0.717) is 30.0 Å². The average Bonchev–Trinajstić information content (AvgIpc) is 2.45. The molecule has 0 aromatic heterocycles. The Bertz CT molecular complexity index is 473. The molecule has 1 rings (SSSR count). The van der Waals surface area contributed by atoms with Gasteiger partial charge in [-0.3, -0.25) is 4.79 Å². The topological polar surface area (TPSA) is 73.9 Å². The number of carbonyl (C=O) groups is 2. The molecule has 6 heteroatoms. The first-order chi connectivity index (χ1) is 9.53. The third kappa shape index (κ3) is 3.88. The van der Waals surface area contributed by atoms with E-state index in [1.165, 1.54) is 28.3 Å². The Labute approximate surface area is 118 Å². The summed E-state index contributed by atoms with van der Waals surface area (Å²) in [6.45, 7) is 1.91. The highest BCUT2D eigenvalue weighted by molar-refractivity contribution is 5.90. The lowest BCUT2D eigenvalue weighted by atomic mass is 10.1. The molecular formula is C14H19NO5. The highest BCUT2D eigenvalue weighted by Crippen LogP contribution is 2.31. The predicted molar refractivity (Wildman–Crippen MR) is 73.3 cm³/mol. The summed E-state index contributed by atoms with van der Waals surface area (Å²) in [5.74, 6) is 0.481. The smallest absolute Gasteiger partial charge is 0.338 e. The maximum Gasteiger partial charge on any atom is 0.338 e. The summed E-state index contributed by atoms with van der Waals surface area (Å²) in [7, 11) is 4.33. The van der Waals surface area contributed by atoms with E-state index in [-0.39, 0.29) is 5.91 Å². The van der Waals surface area contributed by atoms with E-state index >= 15 is 0 Å². The highest BCUT2D eigenvalue weighted by atomic mass is 16.5. The number of carbonyl (C=O) groups excluding carboxylic acids is 2. The maximum atomic E-state index is 11.6. The summed E-state index contributed by atoms with van der Waals surface area (Å²) >= 11 is 0. The third-order valence-corrected chi connectivity index (χ3v) is 2.78. The van der Waals surface area contributed by atoms with Crippen molar-refractivity contribution in [1.82, 2.24) is 5.32 Å². The summed E-state index contributed by atoms with van der Waals surface area (Å²) in [6, 6.07) is 3.19. The number of benzene rings is 1. The summed E-state index contributed by atoms with van der Waals surface area (Å²) < 4.78 is 15.2. The van der Waals surface area contributed by atoms with Gasteiger partial charge in [-0.1, -0.05) is 0 Å². The monoisotopic (exact) mass is 281 g/mol. The van der Waals surface area contributed by atoms with Crippen LogP contribution in [0.2, 0.25) is 0 Å². The number of nitrogens with one attached hydrogen (secondary N) is 1. The molecule has 0 radical (unpaired) electrons. The number of esters is 1. The van der Waals surface area contributed by atoms with Crippen LogP contribution in [0.4, 0.5) is 0 Å². The molecular weight excluding hydrogens is 262 g/mol. The Kier molecular flexibility index (Phi) is 5.83. The SMILES string of the molecule is COC(=O)c1cc(OC)c(CCNC(C)=O)c(OC)c1. The molecule has 0 aliphatic heterocycles. The largest absolute Gasteiger partial charge is 0.496 e. The number of ether oxygens (including phenoxy) is 3. The van der Waals surface area contributed by atoms with Crippen molar-refractivity contribution in [3.05, 3.63) is 23.3 Å². The first-order valence-corrected chi connectivity index (χ1v) is 6.11. The Hall–Kier alpha value is -2.24. The Morgan fingerprint density at radius 3 is 2.05 bits per heavy atom. The van der Waals surface area contributed by atoms with E-state index in [1.54, 1.807) is 12.1 Å². The molecule has 0 heterocycles. The zero-order chi connectivity index (χ0) is 15.1. The maximum absolute atomic E-state index is 11.6. The minimum atomic E-state index is -0.463. The van der Waals surface area contributed by atoms with E-state index in [1.807, 2.05) is 0 Å². The molecule has 0 atom stereocenters. The van der Waals surface area contributed by atoms with E-state index in [2.05, 4.69) is 10.1 Å². The van der Waals surface area contributed by atoms with Crippen LogP contribution in [0, 0.1) is 0 Å². The van der Waals surface area contributed by atoms with Crippen LogP contribution in [0.3, 0.4) is 0 Å². The number of hydrogen-bond acceptors (Lipinski definition) is 5. The molecule has 20 heavy (non-hydrogen) atoms. The fourth-order valence-electron chi connectivity index (χ4n) is 1.83. The van der Waals surface area contributed by atoms with E-state index in [4.69, 9.17) is 9.47 Å². The molecule has 110 valence electrons. The molecule has 1 amide bonds. The first-order valence-electron chi connectivity index (χ1n) is 6.11. The molecule has 6 nitrogen and oxygen atoms in total. The van der Waals surface area contributed by atoms with Gasteiger partial charge in [-0.2, -0.15) is 0 Å². The van der Waals surface area contributed by atoms with Crippen molar-refractivity contribution in [2.24, 2.45) is 0 Å². The van der Waals surface area contributed by atoms with Crippen molar-refractivity contribution >= 4 is 11.9 Å². The van der Waals surface area contributed by atoms with Crippen molar-refractivity contribution in [3.8, 4) is 11.5 Å². The normalized spacial score (nSPS) is 9.80. The minimum absolute atomic E-state index is 0.103. The summed E-state index contributed by atoms with van der Waals surface area (Å²) in [5, 5.41) is 2.70. The summed E-state index contributed by atoms with van der Waals surface area (Å²) in [4.78, 5) is 22.5. The van der Waals surface area contributed by atoms with Gasteiger partial charge in [0, 0.05) is 19.0 Å². The zero-order valence-corrected chi connectivity index (χ0v) is 12.1. The van der Waals surface area contributed by atoms with E-state index in [9.17, 15) is 9.59 Å². The molecule has 0 bridgehead atoms. The quantitative estimate of drug-likeness (QED) is 0.792. The lowest BCUT2D eigenvalue weighted by Gasteiger charge is -2.15.